The molecule has 25 heavy (non-hydrogen) atoms. The third kappa shape index (κ3) is 3.18. The first-order valence-electron chi connectivity index (χ1n) is 8.38. The zero-order chi connectivity index (χ0) is 17.2. The minimum atomic E-state index is -0.160. The Kier molecular flexibility index (Phi) is 4.06. The molecular weight excluding hydrogens is 316 g/mol. The Bertz CT molecular complexity index is 903. The fraction of sp³-hybridized carbons (Fsp3) is 0.250. The second kappa shape index (κ2) is 6.51. The number of carbonyl (C=O) groups excluding carboxylic acids is 1. The van der Waals surface area contributed by atoms with E-state index >= 15 is 0 Å². The monoisotopic (exact) mass is 336 g/mol. The average molecular weight is 336 g/mol. The fourth-order valence-electron chi connectivity index (χ4n) is 3.14. The van der Waals surface area contributed by atoms with E-state index in [2.05, 4.69) is 4.98 Å². The van der Waals surface area contributed by atoms with E-state index in [4.69, 9.17) is 9.47 Å². The van der Waals surface area contributed by atoms with Gasteiger partial charge in [-0.2, -0.15) is 0 Å². The van der Waals surface area contributed by atoms with Gasteiger partial charge < -0.3 is 19.4 Å². The molecule has 0 unspecified atom stereocenters. The summed E-state index contributed by atoms with van der Waals surface area (Å²) >= 11 is 0. The molecule has 1 amide bonds. The van der Waals surface area contributed by atoms with Gasteiger partial charge in [0.1, 0.15) is 6.61 Å². The maximum absolute atomic E-state index is 12.6. The molecule has 2 heterocycles. The summed E-state index contributed by atoms with van der Waals surface area (Å²) in [6, 6.07) is 15.6. The van der Waals surface area contributed by atoms with Crippen molar-refractivity contribution in [1.82, 2.24) is 9.88 Å². The molecule has 2 aromatic carbocycles. The van der Waals surface area contributed by atoms with E-state index in [1.807, 2.05) is 54.7 Å². The Hall–Kier alpha value is -2.95. The molecule has 0 saturated carbocycles. The van der Waals surface area contributed by atoms with Gasteiger partial charge in [0.05, 0.1) is 13.0 Å². The maximum atomic E-state index is 12.6. The van der Waals surface area contributed by atoms with Crippen LogP contribution in [0, 0.1) is 0 Å². The first-order chi connectivity index (χ1) is 12.2. The van der Waals surface area contributed by atoms with Gasteiger partial charge in [-0.3, -0.25) is 4.79 Å². The smallest absolute Gasteiger partial charge is 0.226 e. The average Bonchev–Trinajstić information content (AvgIpc) is 3.04. The number of carbonyl (C=O) groups is 1. The summed E-state index contributed by atoms with van der Waals surface area (Å²) in [4.78, 5) is 17.5. The zero-order valence-electron chi connectivity index (χ0n) is 14.1. The molecule has 0 fully saturated rings. The normalized spacial score (nSPS) is 16.0. The first-order valence-corrected chi connectivity index (χ1v) is 8.38. The number of nitrogens with one attached hydrogen (secondary N) is 1. The lowest BCUT2D eigenvalue weighted by atomic mass is 10.1. The number of rotatable bonds is 4. The van der Waals surface area contributed by atoms with E-state index in [1.54, 1.807) is 11.9 Å². The SMILES string of the molecule is CN(C[C@H]1COc2ccccc2O1)C(=O)Cc1c[nH]c2ccccc12. The Labute approximate surface area is 146 Å². The maximum Gasteiger partial charge on any atom is 0.226 e. The molecule has 5 heteroatoms. The van der Waals surface area contributed by atoms with E-state index in [1.165, 1.54) is 0 Å². The number of aromatic nitrogens is 1. The molecule has 1 atom stereocenters. The fourth-order valence-corrected chi connectivity index (χ4v) is 3.14. The molecule has 0 bridgehead atoms. The van der Waals surface area contributed by atoms with Gasteiger partial charge >= 0.3 is 0 Å². The lowest BCUT2D eigenvalue weighted by Gasteiger charge is -2.29. The van der Waals surface area contributed by atoms with Crippen molar-refractivity contribution in [3.63, 3.8) is 0 Å². The van der Waals surface area contributed by atoms with Crippen molar-refractivity contribution in [1.29, 1.82) is 0 Å². The van der Waals surface area contributed by atoms with Crippen LogP contribution in [0.25, 0.3) is 10.9 Å². The lowest BCUT2D eigenvalue weighted by molar-refractivity contribution is -0.130. The van der Waals surface area contributed by atoms with Crippen molar-refractivity contribution < 1.29 is 14.3 Å². The number of para-hydroxylation sites is 3. The minimum Gasteiger partial charge on any atom is -0.486 e. The van der Waals surface area contributed by atoms with Crippen LogP contribution in [0.5, 0.6) is 11.5 Å². The second-order valence-corrected chi connectivity index (χ2v) is 6.31. The predicted molar refractivity (Wildman–Crippen MR) is 96.0 cm³/mol. The molecule has 0 radical (unpaired) electrons. The highest BCUT2D eigenvalue weighted by Crippen LogP contribution is 2.31. The topological polar surface area (TPSA) is 54.6 Å². The van der Waals surface area contributed by atoms with E-state index in [0.29, 0.717) is 19.6 Å². The molecule has 0 saturated heterocycles. The summed E-state index contributed by atoms with van der Waals surface area (Å²) in [5, 5.41) is 1.09. The van der Waals surface area contributed by atoms with Gasteiger partial charge in [0, 0.05) is 24.1 Å². The van der Waals surface area contributed by atoms with Crippen LogP contribution >= 0.6 is 0 Å². The third-order valence-electron chi connectivity index (χ3n) is 4.49. The van der Waals surface area contributed by atoms with Gasteiger partial charge in [0.2, 0.25) is 5.91 Å². The van der Waals surface area contributed by atoms with Crippen LogP contribution in [0.4, 0.5) is 0 Å². The van der Waals surface area contributed by atoms with Gasteiger partial charge in [0.25, 0.3) is 0 Å². The van der Waals surface area contributed by atoms with Gasteiger partial charge in [0.15, 0.2) is 17.6 Å². The van der Waals surface area contributed by atoms with E-state index < -0.39 is 0 Å². The molecule has 128 valence electrons. The first kappa shape index (κ1) is 15.6. The van der Waals surface area contributed by atoms with E-state index in [0.717, 1.165) is 28.0 Å². The van der Waals surface area contributed by atoms with Crippen LogP contribution in [0.2, 0.25) is 0 Å². The summed E-state index contributed by atoms with van der Waals surface area (Å²) < 4.78 is 11.6. The number of hydrogen-bond donors (Lipinski definition) is 1. The summed E-state index contributed by atoms with van der Waals surface area (Å²) in [5.74, 6) is 1.55. The number of H-pyrrole nitrogens is 1. The third-order valence-corrected chi connectivity index (χ3v) is 4.49. The Balaban J connectivity index is 1.40. The van der Waals surface area contributed by atoms with Crippen LogP contribution in [0.1, 0.15) is 5.56 Å². The van der Waals surface area contributed by atoms with Crippen molar-refractivity contribution in [3.8, 4) is 11.5 Å². The van der Waals surface area contributed by atoms with Crippen LogP contribution in [0.3, 0.4) is 0 Å². The Morgan fingerprint density at radius 2 is 1.92 bits per heavy atom. The van der Waals surface area contributed by atoms with Crippen molar-refractivity contribution in [2.75, 3.05) is 20.2 Å². The molecular formula is C20H20N2O3. The highest BCUT2D eigenvalue weighted by atomic mass is 16.6. The molecule has 0 spiro atoms. The van der Waals surface area contributed by atoms with E-state index in [-0.39, 0.29) is 12.0 Å². The van der Waals surface area contributed by atoms with Crippen molar-refractivity contribution >= 4 is 16.8 Å². The predicted octanol–water partition coefficient (Wildman–Crippen LogP) is 3.01. The molecule has 0 aliphatic carbocycles. The highest BCUT2D eigenvalue weighted by molar-refractivity contribution is 5.88. The summed E-state index contributed by atoms with van der Waals surface area (Å²) in [6.07, 6.45) is 2.11. The molecule has 1 aromatic heterocycles. The number of fused-ring (bicyclic) bond motifs is 2. The Morgan fingerprint density at radius 1 is 1.16 bits per heavy atom. The number of ether oxygens (including phenoxy) is 2. The largest absolute Gasteiger partial charge is 0.486 e. The highest BCUT2D eigenvalue weighted by Gasteiger charge is 2.24. The van der Waals surface area contributed by atoms with Crippen LogP contribution < -0.4 is 9.47 Å². The van der Waals surface area contributed by atoms with Crippen LogP contribution in [-0.4, -0.2) is 42.1 Å². The number of likely N-dealkylation sites (N-methyl/N-ethyl adjacent to an activating group) is 1. The van der Waals surface area contributed by atoms with Crippen LogP contribution in [-0.2, 0) is 11.2 Å². The summed E-state index contributed by atoms with van der Waals surface area (Å²) in [6.45, 7) is 0.942. The molecule has 3 aromatic rings. The van der Waals surface area contributed by atoms with Gasteiger partial charge in [-0.15, -0.1) is 0 Å². The summed E-state index contributed by atoms with van der Waals surface area (Å²) in [7, 11) is 1.81. The lowest BCUT2D eigenvalue weighted by Crippen LogP contribution is -2.42. The van der Waals surface area contributed by atoms with Crippen molar-refractivity contribution in [2.24, 2.45) is 0 Å². The van der Waals surface area contributed by atoms with Gasteiger partial charge in [-0.25, -0.2) is 0 Å². The number of nitrogens with zero attached hydrogens (tertiary/aromatic N) is 1. The number of amides is 1. The zero-order valence-corrected chi connectivity index (χ0v) is 14.1. The quantitative estimate of drug-likeness (QED) is 0.797. The van der Waals surface area contributed by atoms with Gasteiger partial charge in [-0.05, 0) is 23.8 Å². The van der Waals surface area contributed by atoms with Crippen molar-refractivity contribution in [2.45, 2.75) is 12.5 Å². The molecule has 5 nitrogen and oxygen atoms in total. The number of aromatic amines is 1. The molecule has 4 rings (SSSR count). The standard InChI is InChI=1S/C20H20N2O3/c1-22(12-15-13-24-18-8-4-5-9-19(18)25-15)20(23)10-14-11-21-17-7-3-2-6-16(14)17/h2-9,11,15,21H,10,12-13H2,1H3/t15-/m0/s1. The number of hydrogen-bond acceptors (Lipinski definition) is 3. The van der Waals surface area contributed by atoms with Crippen molar-refractivity contribution in [3.05, 3.63) is 60.3 Å². The Morgan fingerprint density at radius 3 is 2.80 bits per heavy atom. The molecule has 1 aliphatic heterocycles. The summed E-state index contributed by atoms with van der Waals surface area (Å²) in [5.41, 5.74) is 2.06. The minimum absolute atomic E-state index is 0.0622. The number of benzene rings is 2. The van der Waals surface area contributed by atoms with Crippen LogP contribution in [0.15, 0.2) is 54.7 Å². The second-order valence-electron chi connectivity index (χ2n) is 6.31. The van der Waals surface area contributed by atoms with Gasteiger partial charge in [-0.1, -0.05) is 30.3 Å². The molecule has 1 aliphatic rings. The molecule has 1 N–H and O–H groups in total. The van der Waals surface area contributed by atoms with E-state index in [9.17, 15) is 4.79 Å².